The van der Waals surface area contributed by atoms with Crippen LogP contribution in [0.25, 0.3) is 0 Å². The number of hydrogen-bond acceptors (Lipinski definition) is 2. The van der Waals surface area contributed by atoms with Crippen LogP contribution in [0.15, 0.2) is 0 Å². The highest BCUT2D eigenvalue weighted by molar-refractivity contribution is 5.85. The fraction of sp³-hybridized carbons (Fsp3) is 0.857. The molecule has 0 aromatic rings. The lowest BCUT2D eigenvalue weighted by Crippen LogP contribution is -2.38. The van der Waals surface area contributed by atoms with Crippen LogP contribution >= 0.6 is 12.4 Å². The van der Waals surface area contributed by atoms with Gasteiger partial charge in [0, 0.05) is 19.0 Å². The fourth-order valence-electron chi connectivity index (χ4n) is 1.23. The van der Waals surface area contributed by atoms with Gasteiger partial charge in [0.15, 0.2) is 0 Å². The van der Waals surface area contributed by atoms with Crippen LogP contribution in [0.5, 0.6) is 0 Å². The van der Waals surface area contributed by atoms with Gasteiger partial charge in [-0.25, -0.2) is 0 Å². The summed E-state index contributed by atoms with van der Waals surface area (Å²) in [4.78, 5) is 10.9. The molecule has 1 amide bonds. The summed E-state index contributed by atoms with van der Waals surface area (Å²) in [6, 6.07) is 0.231. The first-order valence-corrected chi connectivity index (χ1v) is 3.82. The maximum absolute atomic E-state index is 10.9. The maximum Gasteiger partial charge on any atom is 0.220 e. The molecule has 1 unspecified atom stereocenters. The van der Waals surface area contributed by atoms with Crippen molar-refractivity contribution in [2.75, 3.05) is 6.54 Å². The molecule has 3 nitrogen and oxygen atoms in total. The lowest BCUT2D eigenvalue weighted by Gasteiger charge is -2.11. The van der Waals surface area contributed by atoms with Crippen molar-refractivity contribution in [2.24, 2.45) is 5.73 Å². The molecule has 66 valence electrons. The van der Waals surface area contributed by atoms with E-state index in [2.05, 4.69) is 5.32 Å². The van der Waals surface area contributed by atoms with Gasteiger partial charge in [-0.3, -0.25) is 4.79 Å². The van der Waals surface area contributed by atoms with E-state index in [0.29, 0.717) is 13.0 Å². The highest BCUT2D eigenvalue weighted by Crippen LogP contribution is 2.07. The van der Waals surface area contributed by atoms with Crippen LogP contribution in [0, 0.1) is 0 Å². The molecule has 3 N–H and O–H groups in total. The fourth-order valence-corrected chi connectivity index (χ4v) is 1.23. The third-order valence-corrected chi connectivity index (χ3v) is 1.86. The minimum Gasteiger partial charge on any atom is -0.352 e. The lowest BCUT2D eigenvalue weighted by molar-refractivity contribution is -0.121. The van der Waals surface area contributed by atoms with Crippen LogP contribution in [-0.2, 0) is 4.79 Å². The van der Waals surface area contributed by atoms with Crippen molar-refractivity contribution in [1.82, 2.24) is 5.32 Å². The second kappa shape index (κ2) is 5.38. The number of nitrogens with two attached hydrogens (primary N) is 1. The highest BCUT2D eigenvalue weighted by Gasteiger charge is 2.13. The number of amides is 1. The zero-order valence-electron chi connectivity index (χ0n) is 6.51. The summed E-state index contributed by atoms with van der Waals surface area (Å²) in [6.45, 7) is 0.575. The van der Waals surface area contributed by atoms with Gasteiger partial charge >= 0.3 is 0 Å². The van der Waals surface area contributed by atoms with Crippen LogP contribution in [0.3, 0.4) is 0 Å². The number of hydrogen-bond donors (Lipinski definition) is 2. The molecule has 0 radical (unpaired) electrons. The number of rotatable bonds is 1. The Balaban J connectivity index is 0.000001000. The zero-order chi connectivity index (χ0) is 7.40. The molecule has 1 saturated heterocycles. The molecule has 0 aromatic heterocycles. The van der Waals surface area contributed by atoms with Crippen LogP contribution in [0.2, 0.25) is 0 Å². The Kier molecular flexibility index (Phi) is 5.24. The summed E-state index contributed by atoms with van der Waals surface area (Å²) in [6.07, 6.45) is 3.86. The summed E-state index contributed by atoms with van der Waals surface area (Å²) in [5, 5.41) is 2.86. The molecule has 1 rings (SSSR count). The molecule has 1 aliphatic rings. The van der Waals surface area contributed by atoms with Gasteiger partial charge in [-0.15, -0.1) is 12.4 Å². The highest BCUT2D eigenvalue weighted by atomic mass is 35.5. The Morgan fingerprint density at radius 3 is 2.91 bits per heavy atom. The average Bonchev–Trinajstić information content (AvgIpc) is 2.13. The normalized spacial score (nSPS) is 24.8. The second-order valence-electron chi connectivity index (χ2n) is 2.75. The zero-order valence-corrected chi connectivity index (χ0v) is 7.32. The van der Waals surface area contributed by atoms with Crippen molar-refractivity contribution in [2.45, 2.75) is 31.7 Å². The molecule has 0 saturated carbocycles. The van der Waals surface area contributed by atoms with Crippen molar-refractivity contribution < 1.29 is 4.79 Å². The second-order valence-corrected chi connectivity index (χ2v) is 2.75. The van der Waals surface area contributed by atoms with Crippen molar-refractivity contribution in [3.05, 3.63) is 0 Å². The predicted molar refractivity (Wildman–Crippen MR) is 46.7 cm³/mol. The van der Waals surface area contributed by atoms with E-state index in [4.69, 9.17) is 5.73 Å². The van der Waals surface area contributed by atoms with Crippen LogP contribution in [0.4, 0.5) is 0 Å². The summed E-state index contributed by atoms with van der Waals surface area (Å²) >= 11 is 0. The van der Waals surface area contributed by atoms with E-state index in [1.54, 1.807) is 0 Å². The molecule has 0 spiro atoms. The molecule has 0 bridgehead atoms. The molecular weight excluding hydrogens is 164 g/mol. The largest absolute Gasteiger partial charge is 0.352 e. The SMILES string of the molecule is Cl.NCC1CCCCC(=O)N1. The standard InChI is InChI=1S/C7H14N2O.ClH/c8-5-6-3-1-2-4-7(10)9-6;/h6H,1-5,8H2,(H,9,10);1H. The third kappa shape index (κ3) is 3.58. The Morgan fingerprint density at radius 1 is 1.55 bits per heavy atom. The Labute approximate surface area is 73.1 Å². The van der Waals surface area contributed by atoms with Crippen LogP contribution in [0.1, 0.15) is 25.7 Å². The van der Waals surface area contributed by atoms with Gasteiger partial charge in [-0.1, -0.05) is 6.42 Å². The van der Waals surface area contributed by atoms with Crippen LogP contribution in [-0.4, -0.2) is 18.5 Å². The third-order valence-electron chi connectivity index (χ3n) is 1.86. The van der Waals surface area contributed by atoms with E-state index in [-0.39, 0.29) is 24.4 Å². The van der Waals surface area contributed by atoms with Gasteiger partial charge < -0.3 is 11.1 Å². The van der Waals surface area contributed by atoms with E-state index in [9.17, 15) is 4.79 Å². The first-order chi connectivity index (χ1) is 4.83. The van der Waals surface area contributed by atoms with Gasteiger partial charge in [0.2, 0.25) is 5.91 Å². The first kappa shape index (κ1) is 10.7. The lowest BCUT2D eigenvalue weighted by atomic mass is 10.1. The van der Waals surface area contributed by atoms with Crippen molar-refractivity contribution in [3.8, 4) is 0 Å². The minimum absolute atomic E-state index is 0. The van der Waals surface area contributed by atoms with E-state index in [1.807, 2.05) is 0 Å². The predicted octanol–water partition coefficient (Wildman–Crippen LogP) is 0.426. The summed E-state index contributed by atoms with van der Waals surface area (Å²) in [7, 11) is 0. The molecule has 1 aliphatic heterocycles. The monoisotopic (exact) mass is 178 g/mol. The number of halogens is 1. The summed E-state index contributed by atoms with van der Waals surface area (Å²) < 4.78 is 0. The molecule has 1 heterocycles. The van der Waals surface area contributed by atoms with E-state index >= 15 is 0 Å². The topological polar surface area (TPSA) is 55.1 Å². The first-order valence-electron chi connectivity index (χ1n) is 3.82. The average molecular weight is 179 g/mol. The van der Waals surface area contributed by atoms with Gasteiger partial charge in [0.05, 0.1) is 0 Å². The number of nitrogens with one attached hydrogen (secondary N) is 1. The molecule has 0 aromatic carbocycles. The summed E-state index contributed by atoms with van der Waals surface area (Å²) in [5.41, 5.74) is 5.42. The van der Waals surface area contributed by atoms with E-state index < -0.39 is 0 Å². The van der Waals surface area contributed by atoms with Gasteiger partial charge in [-0.2, -0.15) is 0 Å². The summed E-state index contributed by atoms with van der Waals surface area (Å²) in [5.74, 6) is 0.160. The van der Waals surface area contributed by atoms with Gasteiger partial charge in [0.25, 0.3) is 0 Å². The number of carbonyl (C=O) groups excluding carboxylic acids is 1. The quantitative estimate of drug-likeness (QED) is 0.612. The number of carbonyl (C=O) groups is 1. The van der Waals surface area contributed by atoms with Crippen LogP contribution < -0.4 is 11.1 Å². The minimum atomic E-state index is 0. The Bertz CT molecular complexity index is 130. The smallest absolute Gasteiger partial charge is 0.220 e. The van der Waals surface area contributed by atoms with Gasteiger partial charge in [-0.05, 0) is 12.8 Å². The molecule has 1 fully saturated rings. The molecule has 4 heteroatoms. The van der Waals surface area contributed by atoms with Crippen molar-refractivity contribution in [3.63, 3.8) is 0 Å². The molecule has 1 atom stereocenters. The maximum atomic E-state index is 10.9. The van der Waals surface area contributed by atoms with Crippen molar-refractivity contribution in [1.29, 1.82) is 0 Å². The molecule has 11 heavy (non-hydrogen) atoms. The van der Waals surface area contributed by atoms with E-state index in [0.717, 1.165) is 19.3 Å². The Morgan fingerprint density at radius 2 is 2.27 bits per heavy atom. The Hall–Kier alpha value is -0.280. The van der Waals surface area contributed by atoms with Gasteiger partial charge in [0.1, 0.15) is 0 Å². The van der Waals surface area contributed by atoms with Crippen molar-refractivity contribution >= 4 is 18.3 Å². The molecule has 0 aliphatic carbocycles. The molecular formula is C7H15ClN2O. The van der Waals surface area contributed by atoms with E-state index in [1.165, 1.54) is 0 Å².